The number of carboxylic acid groups (broad SMARTS) is 1. The first-order valence-electron chi connectivity index (χ1n) is 6.34. The topological polar surface area (TPSA) is 57.5 Å². The Morgan fingerprint density at radius 2 is 1.79 bits per heavy atom. The maximum absolute atomic E-state index is 11.6. The highest BCUT2D eigenvalue weighted by molar-refractivity contribution is 6.42. The van der Waals surface area contributed by atoms with Crippen LogP contribution < -0.4 is 0 Å². The number of carbonyl (C=O) groups is 1. The van der Waals surface area contributed by atoms with Crippen molar-refractivity contribution in [1.29, 1.82) is 0 Å². The molecule has 1 aromatic carbocycles. The van der Waals surface area contributed by atoms with Crippen molar-refractivity contribution in [2.45, 2.75) is 43.6 Å². The van der Waals surface area contributed by atoms with E-state index in [-0.39, 0.29) is 0 Å². The Labute approximate surface area is 122 Å². The molecule has 2 rings (SSSR count). The maximum Gasteiger partial charge on any atom is 0.313 e. The molecule has 0 radical (unpaired) electrons. The van der Waals surface area contributed by atoms with Crippen LogP contribution in [0.1, 0.15) is 43.6 Å². The predicted molar refractivity (Wildman–Crippen MR) is 74.9 cm³/mol. The van der Waals surface area contributed by atoms with Gasteiger partial charge >= 0.3 is 5.97 Å². The van der Waals surface area contributed by atoms with Gasteiger partial charge in [0.25, 0.3) is 0 Å². The van der Waals surface area contributed by atoms with Crippen molar-refractivity contribution in [3.05, 3.63) is 33.8 Å². The summed E-state index contributed by atoms with van der Waals surface area (Å²) in [5.74, 6) is -1.98. The third-order valence-corrected chi connectivity index (χ3v) is 4.52. The van der Waals surface area contributed by atoms with Gasteiger partial charge in [-0.15, -0.1) is 0 Å². The lowest BCUT2D eigenvalue weighted by Gasteiger charge is -2.37. The largest absolute Gasteiger partial charge is 0.481 e. The molecule has 1 aromatic rings. The van der Waals surface area contributed by atoms with E-state index in [4.69, 9.17) is 23.2 Å². The first-order valence-corrected chi connectivity index (χ1v) is 7.10. The third kappa shape index (κ3) is 3.04. The molecular formula is C14H16Cl2O3. The molecule has 0 unspecified atom stereocenters. The van der Waals surface area contributed by atoms with Crippen LogP contribution in [0.3, 0.4) is 0 Å². The molecule has 5 heteroatoms. The van der Waals surface area contributed by atoms with Gasteiger partial charge in [0.1, 0.15) is 5.92 Å². The van der Waals surface area contributed by atoms with Crippen molar-refractivity contribution in [3.63, 3.8) is 0 Å². The molecule has 0 heterocycles. The summed E-state index contributed by atoms with van der Waals surface area (Å²) in [5.41, 5.74) is -0.687. The Morgan fingerprint density at radius 1 is 1.16 bits per heavy atom. The summed E-state index contributed by atoms with van der Waals surface area (Å²) in [5, 5.41) is 20.8. The molecule has 0 saturated heterocycles. The maximum atomic E-state index is 11.6. The molecule has 0 spiro atoms. The van der Waals surface area contributed by atoms with Crippen LogP contribution in [-0.4, -0.2) is 21.8 Å². The van der Waals surface area contributed by atoms with E-state index < -0.39 is 17.5 Å². The zero-order valence-corrected chi connectivity index (χ0v) is 11.9. The standard InChI is InChI=1S/C14H16Cl2O3/c15-10-5-4-9(8-11(10)16)12(13(17)18)14(19)6-2-1-3-7-14/h4-5,8,12,19H,1-3,6-7H2,(H,17,18)/t12-/m1/s1. The van der Waals surface area contributed by atoms with E-state index in [0.717, 1.165) is 19.3 Å². The summed E-state index contributed by atoms with van der Waals surface area (Å²) in [6.45, 7) is 0. The third-order valence-electron chi connectivity index (χ3n) is 3.78. The van der Waals surface area contributed by atoms with E-state index in [1.54, 1.807) is 12.1 Å². The summed E-state index contributed by atoms with van der Waals surface area (Å²) in [6.07, 6.45) is 3.74. The Kier molecular flexibility index (Phi) is 4.39. The number of hydrogen-bond acceptors (Lipinski definition) is 2. The second-order valence-electron chi connectivity index (χ2n) is 5.11. The lowest BCUT2D eigenvalue weighted by molar-refractivity contribution is -0.147. The first-order chi connectivity index (χ1) is 8.94. The molecule has 3 nitrogen and oxygen atoms in total. The van der Waals surface area contributed by atoms with Crippen LogP contribution in [0.25, 0.3) is 0 Å². The predicted octanol–water partition coefficient (Wildman–Crippen LogP) is 3.86. The summed E-state index contributed by atoms with van der Waals surface area (Å²) < 4.78 is 0. The number of aliphatic hydroxyl groups is 1. The van der Waals surface area contributed by atoms with E-state index in [9.17, 15) is 15.0 Å². The van der Waals surface area contributed by atoms with Crippen LogP contribution in [0, 0.1) is 0 Å². The molecule has 104 valence electrons. The van der Waals surface area contributed by atoms with Crippen molar-refractivity contribution >= 4 is 29.2 Å². The number of aliphatic carboxylic acids is 1. The van der Waals surface area contributed by atoms with Gasteiger partial charge in [-0.2, -0.15) is 0 Å². The van der Waals surface area contributed by atoms with Gasteiger partial charge in [0.2, 0.25) is 0 Å². The highest BCUT2D eigenvalue weighted by Gasteiger charge is 2.43. The van der Waals surface area contributed by atoms with Gasteiger partial charge in [-0.1, -0.05) is 48.5 Å². The monoisotopic (exact) mass is 302 g/mol. The van der Waals surface area contributed by atoms with Crippen molar-refractivity contribution in [1.82, 2.24) is 0 Å². The van der Waals surface area contributed by atoms with Crippen LogP contribution in [0.4, 0.5) is 0 Å². The second-order valence-corrected chi connectivity index (χ2v) is 5.92. The minimum atomic E-state index is -1.19. The summed E-state index contributed by atoms with van der Waals surface area (Å²) >= 11 is 11.8. The highest BCUT2D eigenvalue weighted by atomic mass is 35.5. The quantitative estimate of drug-likeness (QED) is 0.891. The fourth-order valence-electron chi connectivity index (χ4n) is 2.83. The van der Waals surface area contributed by atoms with Crippen molar-refractivity contribution in [3.8, 4) is 0 Å². The number of benzene rings is 1. The molecule has 2 N–H and O–H groups in total. The van der Waals surface area contributed by atoms with E-state index in [0.29, 0.717) is 28.5 Å². The molecule has 19 heavy (non-hydrogen) atoms. The molecule has 0 bridgehead atoms. The summed E-state index contributed by atoms with van der Waals surface area (Å²) in [4.78, 5) is 11.6. The van der Waals surface area contributed by atoms with Gasteiger partial charge in [-0.3, -0.25) is 4.79 Å². The Morgan fingerprint density at radius 3 is 2.32 bits per heavy atom. The number of carboxylic acids is 1. The van der Waals surface area contributed by atoms with Crippen LogP contribution in [0.15, 0.2) is 18.2 Å². The second kappa shape index (κ2) is 5.70. The van der Waals surface area contributed by atoms with E-state index >= 15 is 0 Å². The minimum absolute atomic E-state index is 0.310. The van der Waals surface area contributed by atoms with Gasteiger partial charge in [0.15, 0.2) is 0 Å². The van der Waals surface area contributed by atoms with Crippen molar-refractivity contribution in [2.75, 3.05) is 0 Å². The lowest BCUT2D eigenvalue weighted by Crippen LogP contribution is -2.42. The first kappa shape index (κ1) is 14.6. The molecule has 0 amide bonds. The van der Waals surface area contributed by atoms with Crippen molar-refractivity contribution < 1.29 is 15.0 Å². The zero-order chi connectivity index (χ0) is 14.0. The molecule has 1 aliphatic rings. The lowest BCUT2D eigenvalue weighted by atomic mass is 9.73. The number of hydrogen-bond donors (Lipinski definition) is 2. The molecule has 0 aliphatic heterocycles. The molecule has 1 atom stereocenters. The average molecular weight is 303 g/mol. The smallest absolute Gasteiger partial charge is 0.313 e. The van der Waals surface area contributed by atoms with Crippen molar-refractivity contribution in [2.24, 2.45) is 0 Å². The fourth-order valence-corrected chi connectivity index (χ4v) is 3.13. The Bertz CT molecular complexity index is 482. The van der Waals surface area contributed by atoms with Gasteiger partial charge < -0.3 is 10.2 Å². The number of rotatable bonds is 3. The van der Waals surface area contributed by atoms with Crippen LogP contribution >= 0.6 is 23.2 Å². The van der Waals surface area contributed by atoms with Gasteiger partial charge in [-0.25, -0.2) is 0 Å². The summed E-state index contributed by atoms with van der Waals surface area (Å²) in [7, 11) is 0. The highest BCUT2D eigenvalue weighted by Crippen LogP contribution is 2.41. The normalized spacial score (nSPS) is 19.9. The van der Waals surface area contributed by atoms with E-state index in [1.165, 1.54) is 6.07 Å². The van der Waals surface area contributed by atoms with Crippen LogP contribution in [-0.2, 0) is 4.79 Å². The molecule has 1 aliphatic carbocycles. The van der Waals surface area contributed by atoms with E-state index in [2.05, 4.69) is 0 Å². The Balaban J connectivity index is 2.39. The van der Waals surface area contributed by atoms with E-state index in [1.807, 2.05) is 0 Å². The Hall–Kier alpha value is -0.770. The zero-order valence-electron chi connectivity index (χ0n) is 10.4. The molecule has 1 saturated carbocycles. The molecular weight excluding hydrogens is 287 g/mol. The molecule has 1 fully saturated rings. The minimum Gasteiger partial charge on any atom is -0.481 e. The van der Waals surface area contributed by atoms with Crippen LogP contribution in [0.2, 0.25) is 10.0 Å². The van der Waals surface area contributed by atoms with Gasteiger partial charge in [-0.05, 0) is 30.5 Å². The summed E-state index contributed by atoms with van der Waals surface area (Å²) in [6, 6.07) is 4.73. The van der Waals surface area contributed by atoms with Gasteiger partial charge in [0.05, 0.1) is 15.6 Å². The molecule has 0 aromatic heterocycles. The van der Waals surface area contributed by atoms with Crippen LogP contribution in [0.5, 0.6) is 0 Å². The fraction of sp³-hybridized carbons (Fsp3) is 0.500. The number of halogens is 2. The SMILES string of the molecule is O=C(O)[C@@H](c1ccc(Cl)c(Cl)c1)C1(O)CCCCC1. The average Bonchev–Trinajstić information content (AvgIpc) is 2.34. The van der Waals surface area contributed by atoms with Gasteiger partial charge in [0, 0.05) is 0 Å².